The maximum atomic E-state index is 12.2. The molecule has 0 fully saturated rings. The Morgan fingerprint density at radius 1 is 1.27 bits per heavy atom. The number of carbonyl (C=O) groups is 1. The van der Waals surface area contributed by atoms with E-state index in [-0.39, 0.29) is 12.3 Å². The molecule has 0 unspecified atom stereocenters. The molecule has 1 aromatic heterocycles. The molecule has 2 aromatic carbocycles. The van der Waals surface area contributed by atoms with Crippen LogP contribution in [-0.2, 0) is 11.2 Å². The smallest absolute Gasteiger partial charge is 0.228 e. The minimum Gasteiger partial charge on any atom is -0.361 e. The number of halogens is 1. The number of aromatic nitrogens is 1. The van der Waals surface area contributed by atoms with Gasteiger partial charge in [-0.15, -0.1) is 0 Å². The topological polar surface area (TPSA) is 68.7 Å². The van der Waals surface area contributed by atoms with E-state index in [0.29, 0.717) is 16.3 Å². The van der Waals surface area contributed by atoms with Crippen LogP contribution in [0.15, 0.2) is 48.7 Å². The second-order valence-electron chi connectivity index (χ2n) is 4.92. The van der Waals surface area contributed by atoms with Crippen LogP contribution in [0, 0.1) is 11.3 Å². The van der Waals surface area contributed by atoms with Gasteiger partial charge in [0.15, 0.2) is 0 Å². The third-order valence-corrected chi connectivity index (χ3v) is 3.59. The number of rotatable bonds is 3. The third-order valence-electron chi connectivity index (χ3n) is 3.36. The molecule has 0 bridgehead atoms. The molecule has 0 saturated carbocycles. The Morgan fingerprint density at radius 2 is 2.14 bits per heavy atom. The van der Waals surface area contributed by atoms with E-state index in [0.717, 1.165) is 16.5 Å². The van der Waals surface area contributed by atoms with E-state index in [1.54, 1.807) is 30.3 Å². The quantitative estimate of drug-likeness (QED) is 0.771. The molecule has 4 nitrogen and oxygen atoms in total. The lowest BCUT2D eigenvalue weighted by molar-refractivity contribution is -0.115. The van der Waals surface area contributed by atoms with Crippen molar-refractivity contribution in [3.05, 3.63) is 64.8 Å². The predicted molar refractivity (Wildman–Crippen MR) is 86.8 cm³/mol. The van der Waals surface area contributed by atoms with Crippen LogP contribution in [-0.4, -0.2) is 10.9 Å². The van der Waals surface area contributed by atoms with E-state index >= 15 is 0 Å². The highest BCUT2D eigenvalue weighted by Crippen LogP contribution is 2.23. The first kappa shape index (κ1) is 14.2. The summed E-state index contributed by atoms with van der Waals surface area (Å²) < 4.78 is 0. The van der Waals surface area contributed by atoms with Crippen LogP contribution in [0.2, 0.25) is 5.02 Å². The molecular formula is C17H12ClN3O. The van der Waals surface area contributed by atoms with Gasteiger partial charge in [0.2, 0.25) is 5.91 Å². The minimum atomic E-state index is -0.143. The molecule has 0 aliphatic rings. The lowest BCUT2D eigenvalue weighted by Gasteiger charge is -2.05. The fraction of sp³-hybridized carbons (Fsp3) is 0.0588. The average molecular weight is 310 g/mol. The number of H-pyrrole nitrogens is 1. The van der Waals surface area contributed by atoms with Crippen molar-refractivity contribution < 1.29 is 4.79 Å². The SMILES string of the molecule is N#Cc1cccc(NC(=O)Cc2c[nH]c3ccc(Cl)cc23)c1. The number of nitrogens with zero attached hydrogens (tertiary/aromatic N) is 1. The lowest BCUT2D eigenvalue weighted by Crippen LogP contribution is -2.14. The zero-order valence-corrected chi connectivity index (χ0v) is 12.3. The second-order valence-corrected chi connectivity index (χ2v) is 5.36. The van der Waals surface area contributed by atoms with Crippen molar-refractivity contribution in [1.29, 1.82) is 5.26 Å². The number of carbonyl (C=O) groups excluding carboxylic acids is 1. The molecule has 1 heterocycles. The third kappa shape index (κ3) is 2.95. The van der Waals surface area contributed by atoms with Gasteiger partial charge in [0.1, 0.15) is 0 Å². The second kappa shape index (κ2) is 5.92. The van der Waals surface area contributed by atoms with Crippen LogP contribution in [0.25, 0.3) is 10.9 Å². The number of aromatic amines is 1. The summed E-state index contributed by atoms with van der Waals surface area (Å²) in [5, 5.41) is 13.2. The summed E-state index contributed by atoms with van der Waals surface area (Å²) in [5.74, 6) is -0.143. The molecule has 108 valence electrons. The van der Waals surface area contributed by atoms with Crippen LogP contribution < -0.4 is 5.32 Å². The number of nitriles is 1. The molecule has 0 atom stereocenters. The average Bonchev–Trinajstić information content (AvgIpc) is 2.89. The van der Waals surface area contributed by atoms with Crippen LogP contribution in [0.4, 0.5) is 5.69 Å². The van der Waals surface area contributed by atoms with Crippen molar-refractivity contribution in [2.75, 3.05) is 5.32 Å². The first-order valence-corrected chi connectivity index (χ1v) is 7.09. The Balaban J connectivity index is 1.78. The van der Waals surface area contributed by atoms with Crippen LogP contribution in [0.3, 0.4) is 0 Å². The van der Waals surface area contributed by atoms with E-state index < -0.39 is 0 Å². The highest BCUT2D eigenvalue weighted by Gasteiger charge is 2.10. The highest BCUT2D eigenvalue weighted by atomic mass is 35.5. The van der Waals surface area contributed by atoms with E-state index in [4.69, 9.17) is 16.9 Å². The molecule has 0 aliphatic heterocycles. The van der Waals surface area contributed by atoms with Crippen molar-refractivity contribution >= 4 is 34.1 Å². The molecule has 0 spiro atoms. The highest BCUT2D eigenvalue weighted by molar-refractivity contribution is 6.31. The van der Waals surface area contributed by atoms with Crippen molar-refractivity contribution in [2.24, 2.45) is 0 Å². The van der Waals surface area contributed by atoms with Crippen LogP contribution in [0.1, 0.15) is 11.1 Å². The molecule has 0 aliphatic carbocycles. The number of nitrogens with one attached hydrogen (secondary N) is 2. The van der Waals surface area contributed by atoms with Crippen molar-refractivity contribution in [3.8, 4) is 6.07 Å². The van der Waals surface area contributed by atoms with Gasteiger partial charge in [0.25, 0.3) is 0 Å². The first-order chi connectivity index (χ1) is 10.7. The van der Waals surface area contributed by atoms with E-state index in [9.17, 15) is 4.79 Å². The van der Waals surface area contributed by atoms with Crippen LogP contribution >= 0.6 is 11.6 Å². The molecule has 0 radical (unpaired) electrons. The van der Waals surface area contributed by atoms with Crippen molar-refractivity contribution in [1.82, 2.24) is 4.98 Å². The van der Waals surface area contributed by atoms with Gasteiger partial charge >= 0.3 is 0 Å². The maximum absolute atomic E-state index is 12.2. The van der Waals surface area contributed by atoms with Crippen molar-refractivity contribution in [3.63, 3.8) is 0 Å². The monoisotopic (exact) mass is 309 g/mol. The molecular weight excluding hydrogens is 298 g/mol. The summed E-state index contributed by atoms with van der Waals surface area (Å²) >= 11 is 6.00. The van der Waals surface area contributed by atoms with E-state index in [2.05, 4.69) is 10.3 Å². The van der Waals surface area contributed by atoms with Gasteiger partial charge in [-0.1, -0.05) is 17.7 Å². The maximum Gasteiger partial charge on any atom is 0.228 e. The molecule has 22 heavy (non-hydrogen) atoms. The van der Waals surface area contributed by atoms with Gasteiger partial charge in [-0.2, -0.15) is 5.26 Å². The van der Waals surface area contributed by atoms with Crippen molar-refractivity contribution in [2.45, 2.75) is 6.42 Å². The summed E-state index contributed by atoms with van der Waals surface area (Å²) in [6.07, 6.45) is 2.05. The molecule has 3 aromatic rings. The normalized spacial score (nSPS) is 10.4. The Morgan fingerprint density at radius 3 is 2.95 bits per heavy atom. The van der Waals surface area contributed by atoms with E-state index in [1.807, 2.05) is 24.4 Å². The van der Waals surface area contributed by atoms with Gasteiger partial charge < -0.3 is 10.3 Å². The zero-order chi connectivity index (χ0) is 15.5. The standard InChI is InChI=1S/C17H12ClN3O/c18-13-4-5-16-15(8-13)12(10-20-16)7-17(22)21-14-3-1-2-11(6-14)9-19/h1-6,8,10,20H,7H2,(H,21,22). The number of benzene rings is 2. The Labute approximate surface area is 132 Å². The Hall–Kier alpha value is -2.77. The Bertz CT molecular complexity index is 892. The largest absolute Gasteiger partial charge is 0.361 e. The Kier molecular flexibility index (Phi) is 3.82. The zero-order valence-electron chi connectivity index (χ0n) is 11.6. The van der Waals surface area contributed by atoms with E-state index in [1.165, 1.54) is 0 Å². The van der Waals surface area contributed by atoms with Gasteiger partial charge in [-0.05, 0) is 42.0 Å². The summed E-state index contributed by atoms with van der Waals surface area (Å²) in [4.78, 5) is 15.3. The number of hydrogen-bond acceptors (Lipinski definition) is 2. The summed E-state index contributed by atoms with van der Waals surface area (Å²) in [6.45, 7) is 0. The molecule has 1 amide bonds. The summed E-state index contributed by atoms with van der Waals surface area (Å²) in [7, 11) is 0. The minimum absolute atomic E-state index is 0.143. The van der Waals surface area contributed by atoms with Crippen LogP contribution in [0.5, 0.6) is 0 Å². The number of amides is 1. The number of anilines is 1. The van der Waals surface area contributed by atoms with Gasteiger partial charge in [0, 0.05) is 27.8 Å². The summed E-state index contributed by atoms with van der Waals surface area (Å²) in [6, 6.07) is 14.4. The number of fused-ring (bicyclic) bond motifs is 1. The molecule has 0 saturated heterocycles. The molecule has 5 heteroatoms. The molecule has 2 N–H and O–H groups in total. The number of hydrogen-bond donors (Lipinski definition) is 2. The van der Waals surface area contributed by atoms with Gasteiger partial charge in [-0.25, -0.2) is 0 Å². The molecule has 3 rings (SSSR count). The fourth-order valence-corrected chi connectivity index (χ4v) is 2.51. The summed E-state index contributed by atoms with van der Waals surface area (Å²) in [5.41, 5.74) is 2.95. The fourth-order valence-electron chi connectivity index (χ4n) is 2.34. The van der Waals surface area contributed by atoms with Gasteiger partial charge in [-0.3, -0.25) is 4.79 Å². The predicted octanol–water partition coefficient (Wildman–Crippen LogP) is 3.87. The van der Waals surface area contributed by atoms with Gasteiger partial charge in [0.05, 0.1) is 18.1 Å². The lowest BCUT2D eigenvalue weighted by atomic mass is 10.1. The first-order valence-electron chi connectivity index (χ1n) is 6.71.